The van der Waals surface area contributed by atoms with Crippen molar-refractivity contribution in [2.24, 2.45) is 0 Å². The summed E-state index contributed by atoms with van der Waals surface area (Å²) in [6.07, 6.45) is 1.94. The minimum Gasteiger partial charge on any atom is -0.370 e. The third-order valence-electron chi connectivity index (χ3n) is 3.32. The van der Waals surface area contributed by atoms with E-state index in [0.717, 1.165) is 42.5 Å². The van der Waals surface area contributed by atoms with E-state index in [-0.39, 0.29) is 0 Å². The van der Waals surface area contributed by atoms with Gasteiger partial charge in [-0.2, -0.15) is 0 Å². The lowest BCUT2D eigenvalue weighted by Gasteiger charge is -2.20. The van der Waals surface area contributed by atoms with Gasteiger partial charge in [0.2, 0.25) is 0 Å². The minimum atomic E-state index is 0.857. The van der Waals surface area contributed by atoms with Crippen molar-refractivity contribution in [2.75, 3.05) is 23.8 Å². The SMILES string of the molecule is CCCc1nc(NCC)cc(N(C)c2cccc(C)c2)n1. The van der Waals surface area contributed by atoms with Gasteiger partial charge in [-0.1, -0.05) is 19.1 Å². The number of hydrogen-bond acceptors (Lipinski definition) is 4. The van der Waals surface area contributed by atoms with Crippen LogP contribution < -0.4 is 10.2 Å². The van der Waals surface area contributed by atoms with E-state index in [1.807, 2.05) is 13.1 Å². The van der Waals surface area contributed by atoms with E-state index in [9.17, 15) is 0 Å². The molecule has 2 rings (SSSR count). The molecule has 0 unspecified atom stereocenters. The Bertz CT molecular complexity index is 571. The zero-order valence-corrected chi connectivity index (χ0v) is 13.3. The van der Waals surface area contributed by atoms with Gasteiger partial charge >= 0.3 is 0 Å². The van der Waals surface area contributed by atoms with Crippen molar-refractivity contribution in [1.82, 2.24) is 9.97 Å². The predicted octanol–water partition coefficient (Wildman–Crippen LogP) is 3.94. The highest BCUT2D eigenvalue weighted by atomic mass is 15.2. The van der Waals surface area contributed by atoms with Crippen molar-refractivity contribution in [3.05, 3.63) is 41.7 Å². The lowest BCUT2D eigenvalue weighted by Crippen LogP contribution is -2.14. The van der Waals surface area contributed by atoms with E-state index in [1.54, 1.807) is 0 Å². The van der Waals surface area contributed by atoms with E-state index in [2.05, 4.69) is 65.2 Å². The second kappa shape index (κ2) is 7.07. The molecule has 0 fully saturated rings. The Morgan fingerprint density at radius 2 is 1.95 bits per heavy atom. The van der Waals surface area contributed by atoms with Crippen LogP contribution in [0.25, 0.3) is 0 Å². The maximum absolute atomic E-state index is 4.69. The largest absolute Gasteiger partial charge is 0.370 e. The summed E-state index contributed by atoms with van der Waals surface area (Å²) in [7, 11) is 2.04. The molecule has 0 atom stereocenters. The van der Waals surface area contributed by atoms with E-state index in [4.69, 9.17) is 0 Å². The number of aromatic nitrogens is 2. The summed E-state index contributed by atoms with van der Waals surface area (Å²) in [5.74, 6) is 2.71. The first kappa shape index (κ1) is 15.3. The average Bonchev–Trinajstić information content (AvgIpc) is 2.47. The highest BCUT2D eigenvalue weighted by molar-refractivity contribution is 5.62. The van der Waals surface area contributed by atoms with Gasteiger partial charge in [-0.15, -0.1) is 0 Å². The number of anilines is 3. The van der Waals surface area contributed by atoms with E-state index >= 15 is 0 Å². The number of nitrogens with one attached hydrogen (secondary N) is 1. The summed E-state index contributed by atoms with van der Waals surface area (Å²) in [6.45, 7) is 7.18. The van der Waals surface area contributed by atoms with Crippen LogP contribution in [0.2, 0.25) is 0 Å². The van der Waals surface area contributed by atoms with Crippen molar-refractivity contribution in [3.63, 3.8) is 0 Å². The normalized spacial score (nSPS) is 10.5. The van der Waals surface area contributed by atoms with Gasteiger partial charge < -0.3 is 10.2 Å². The predicted molar refractivity (Wildman–Crippen MR) is 89.4 cm³/mol. The Labute approximate surface area is 127 Å². The van der Waals surface area contributed by atoms with Crippen LogP contribution in [0.3, 0.4) is 0 Å². The maximum Gasteiger partial charge on any atom is 0.138 e. The smallest absolute Gasteiger partial charge is 0.138 e. The number of benzene rings is 1. The third kappa shape index (κ3) is 3.94. The number of hydrogen-bond donors (Lipinski definition) is 1. The van der Waals surface area contributed by atoms with Crippen molar-refractivity contribution in [2.45, 2.75) is 33.6 Å². The Morgan fingerprint density at radius 1 is 1.14 bits per heavy atom. The summed E-state index contributed by atoms with van der Waals surface area (Å²) in [5.41, 5.74) is 2.38. The van der Waals surface area contributed by atoms with Crippen molar-refractivity contribution >= 4 is 17.3 Å². The molecule has 1 aromatic heterocycles. The molecule has 0 aliphatic carbocycles. The fourth-order valence-electron chi connectivity index (χ4n) is 2.23. The quantitative estimate of drug-likeness (QED) is 0.872. The molecular formula is C17H24N4. The molecular weight excluding hydrogens is 260 g/mol. The molecule has 0 radical (unpaired) electrons. The molecule has 0 aliphatic heterocycles. The van der Waals surface area contributed by atoms with E-state index < -0.39 is 0 Å². The molecule has 0 spiro atoms. The number of nitrogens with zero attached hydrogens (tertiary/aromatic N) is 3. The molecule has 21 heavy (non-hydrogen) atoms. The fourth-order valence-corrected chi connectivity index (χ4v) is 2.23. The molecule has 0 saturated carbocycles. The zero-order chi connectivity index (χ0) is 15.2. The fraction of sp³-hybridized carbons (Fsp3) is 0.412. The molecule has 0 bridgehead atoms. The second-order valence-electron chi connectivity index (χ2n) is 5.21. The van der Waals surface area contributed by atoms with Gasteiger partial charge in [-0.05, 0) is 38.0 Å². The highest BCUT2D eigenvalue weighted by Gasteiger charge is 2.10. The minimum absolute atomic E-state index is 0.857. The van der Waals surface area contributed by atoms with Gasteiger partial charge in [0.15, 0.2) is 0 Å². The van der Waals surface area contributed by atoms with Crippen LogP contribution in [0.1, 0.15) is 31.7 Å². The summed E-state index contributed by atoms with van der Waals surface area (Å²) in [6, 6.07) is 10.4. The van der Waals surface area contributed by atoms with Gasteiger partial charge in [0.05, 0.1) is 0 Å². The van der Waals surface area contributed by atoms with Crippen LogP contribution in [0.4, 0.5) is 17.3 Å². The first-order valence-corrected chi connectivity index (χ1v) is 7.56. The van der Waals surface area contributed by atoms with Crippen LogP contribution in [0.5, 0.6) is 0 Å². The topological polar surface area (TPSA) is 41.1 Å². The Morgan fingerprint density at radius 3 is 2.62 bits per heavy atom. The van der Waals surface area contributed by atoms with Crippen molar-refractivity contribution in [1.29, 1.82) is 0 Å². The van der Waals surface area contributed by atoms with Crippen molar-refractivity contribution < 1.29 is 0 Å². The number of rotatable bonds is 6. The summed E-state index contributed by atoms with van der Waals surface area (Å²) in [4.78, 5) is 11.3. The van der Waals surface area contributed by atoms with Gasteiger partial charge in [0, 0.05) is 31.8 Å². The van der Waals surface area contributed by atoms with Crippen LogP contribution in [0, 0.1) is 6.92 Å². The Hall–Kier alpha value is -2.10. The molecule has 112 valence electrons. The molecule has 0 saturated heterocycles. The van der Waals surface area contributed by atoms with Gasteiger partial charge in [-0.25, -0.2) is 9.97 Å². The second-order valence-corrected chi connectivity index (χ2v) is 5.21. The van der Waals surface area contributed by atoms with E-state index in [0.29, 0.717) is 0 Å². The molecule has 4 heteroatoms. The maximum atomic E-state index is 4.69. The third-order valence-corrected chi connectivity index (χ3v) is 3.32. The van der Waals surface area contributed by atoms with E-state index in [1.165, 1.54) is 5.56 Å². The molecule has 0 amide bonds. The van der Waals surface area contributed by atoms with Crippen LogP contribution in [0.15, 0.2) is 30.3 Å². The Balaban J connectivity index is 2.36. The van der Waals surface area contributed by atoms with Gasteiger partial charge in [0.1, 0.15) is 17.5 Å². The molecule has 1 heterocycles. The lowest BCUT2D eigenvalue weighted by atomic mass is 10.2. The molecule has 1 N–H and O–H groups in total. The first-order valence-electron chi connectivity index (χ1n) is 7.56. The molecule has 1 aromatic carbocycles. The van der Waals surface area contributed by atoms with Gasteiger partial charge in [-0.3, -0.25) is 0 Å². The lowest BCUT2D eigenvalue weighted by molar-refractivity contribution is 0.831. The average molecular weight is 284 g/mol. The van der Waals surface area contributed by atoms with Gasteiger partial charge in [0.25, 0.3) is 0 Å². The summed E-state index contributed by atoms with van der Waals surface area (Å²) < 4.78 is 0. The monoisotopic (exact) mass is 284 g/mol. The number of aryl methyl sites for hydroxylation is 2. The summed E-state index contributed by atoms with van der Waals surface area (Å²) >= 11 is 0. The van der Waals surface area contributed by atoms with Crippen molar-refractivity contribution in [3.8, 4) is 0 Å². The van der Waals surface area contributed by atoms with Crippen LogP contribution >= 0.6 is 0 Å². The zero-order valence-electron chi connectivity index (χ0n) is 13.3. The van der Waals surface area contributed by atoms with Crippen LogP contribution in [-0.2, 0) is 6.42 Å². The standard InChI is InChI=1S/C17H24N4/c1-5-8-15-19-16(18-6-2)12-17(20-15)21(4)14-10-7-9-13(3)11-14/h7,9-12H,5-6,8H2,1-4H3,(H,18,19,20). The Kier molecular flexibility index (Phi) is 5.14. The summed E-state index contributed by atoms with van der Waals surface area (Å²) in [5, 5.41) is 3.29. The van der Waals surface area contributed by atoms with Crippen LogP contribution in [-0.4, -0.2) is 23.6 Å². The molecule has 0 aliphatic rings. The molecule has 2 aromatic rings. The first-order chi connectivity index (χ1) is 10.1. The molecule has 4 nitrogen and oxygen atoms in total. The highest BCUT2D eigenvalue weighted by Crippen LogP contribution is 2.24.